The maximum absolute atomic E-state index is 12.3. The summed E-state index contributed by atoms with van der Waals surface area (Å²) in [6, 6.07) is 1.44. The highest BCUT2D eigenvalue weighted by molar-refractivity contribution is 5.93. The number of aromatic nitrogens is 1. The number of nitrogens with zero attached hydrogens (tertiary/aromatic N) is 1. The van der Waals surface area contributed by atoms with Crippen LogP contribution in [0.1, 0.15) is 29.9 Å². The van der Waals surface area contributed by atoms with E-state index in [2.05, 4.69) is 4.98 Å². The van der Waals surface area contributed by atoms with Crippen molar-refractivity contribution in [3.63, 3.8) is 0 Å². The number of morpholine rings is 1. The zero-order valence-corrected chi connectivity index (χ0v) is 10.9. The third-order valence-electron chi connectivity index (χ3n) is 3.00. The van der Waals surface area contributed by atoms with Gasteiger partial charge in [0.1, 0.15) is 5.56 Å². The van der Waals surface area contributed by atoms with Crippen LogP contribution in [0.15, 0.2) is 17.1 Å². The molecule has 0 aromatic carbocycles. The second-order valence-electron chi connectivity index (χ2n) is 5.23. The molecular weight excluding hydrogens is 232 g/mol. The van der Waals surface area contributed by atoms with Crippen molar-refractivity contribution in [3.8, 4) is 0 Å². The number of hydrogen-bond acceptors (Lipinski definition) is 3. The van der Waals surface area contributed by atoms with Gasteiger partial charge in [-0.1, -0.05) is 0 Å². The summed E-state index contributed by atoms with van der Waals surface area (Å²) in [6.45, 7) is 7.18. The lowest BCUT2D eigenvalue weighted by Crippen LogP contribution is -2.51. The first-order valence-electron chi connectivity index (χ1n) is 6.02. The van der Waals surface area contributed by atoms with E-state index < -0.39 is 0 Å². The Morgan fingerprint density at radius 3 is 2.83 bits per heavy atom. The van der Waals surface area contributed by atoms with Crippen LogP contribution in [0, 0.1) is 6.92 Å². The number of ether oxygens (including phenoxy) is 1. The Kier molecular flexibility index (Phi) is 3.26. The molecule has 1 saturated heterocycles. The highest BCUT2D eigenvalue weighted by atomic mass is 16.5. The smallest absolute Gasteiger partial charge is 0.259 e. The molecule has 5 nitrogen and oxygen atoms in total. The average Bonchev–Trinajstić information content (AvgIpc) is 2.27. The van der Waals surface area contributed by atoms with E-state index in [0.29, 0.717) is 19.7 Å². The van der Waals surface area contributed by atoms with Crippen LogP contribution < -0.4 is 5.43 Å². The first-order chi connectivity index (χ1) is 8.39. The Labute approximate surface area is 106 Å². The van der Waals surface area contributed by atoms with Gasteiger partial charge in [0.15, 0.2) is 5.43 Å². The fraction of sp³-hybridized carbons (Fsp3) is 0.538. The van der Waals surface area contributed by atoms with Crippen molar-refractivity contribution in [1.82, 2.24) is 9.88 Å². The van der Waals surface area contributed by atoms with Crippen LogP contribution in [0.5, 0.6) is 0 Å². The van der Waals surface area contributed by atoms with Crippen LogP contribution in [0.25, 0.3) is 0 Å². The Morgan fingerprint density at radius 1 is 1.50 bits per heavy atom. The van der Waals surface area contributed by atoms with Gasteiger partial charge in [-0.25, -0.2) is 0 Å². The standard InChI is InChI=1S/C13H18N2O3/c1-9-6-11(16)10(7-14-9)12(17)15-4-5-18-13(2,3)8-15/h6-7H,4-5,8H2,1-3H3,(H,14,16). The number of rotatable bonds is 1. The molecule has 1 N–H and O–H groups in total. The van der Waals surface area contributed by atoms with E-state index >= 15 is 0 Å². The summed E-state index contributed by atoms with van der Waals surface area (Å²) in [7, 11) is 0. The summed E-state index contributed by atoms with van der Waals surface area (Å²) >= 11 is 0. The first-order valence-corrected chi connectivity index (χ1v) is 6.02. The lowest BCUT2D eigenvalue weighted by Gasteiger charge is -2.38. The lowest BCUT2D eigenvalue weighted by atomic mass is 10.1. The summed E-state index contributed by atoms with van der Waals surface area (Å²) in [6.07, 6.45) is 1.49. The van der Waals surface area contributed by atoms with Crippen LogP contribution in [0.4, 0.5) is 0 Å². The van der Waals surface area contributed by atoms with Gasteiger partial charge in [-0.15, -0.1) is 0 Å². The number of carbonyl (C=O) groups is 1. The van der Waals surface area contributed by atoms with Gasteiger partial charge in [0.05, 0.1) is 12.2 Å². The second kappa shape index (κ2) is 4.57. The minimum atomic E-state index is -0.356. The Balaban J connectivity index is 2.23. The number of aryl methyl sites for hydroxylation is 1. The van der Waals surface area contributed by atoms with Crippen LogP contribution in [-0.4, -0.2) is 41.1 Å². The first kappa shape index (κ1) is 12.8. The third kappa shape index (κ3) is 2.61. The van der Waals surface area contributed by atoms with Crippen molar-refractivity contribution in [2.24, 2.45) is 0 Å². The predicted molar refractivity (Wildman–Crippen MR) is 67.7 cm³/mol. The molecular formula is C13H18N2O3. The van der Waals surface area contributed by atoms with Crippen LogP contribution in [-0.2, 0) is 4.74 Å². The second-order valence-corrected chi connectivity index (χ2v) is 5.23. The summed E-state index contributed by atoms with van der Waals surface area (Å²) in [4.78, 5) is 28.6. The van der Waals surface area contributed by atoms with Crippen molar-refractivity contribution in [1.29, 1.82) is 0 Å². The van der Waals surface area contributed by atoms with Gasteiger partial charge in [0.25, 0.3) is 5.91 Å². The number of pyridine rings is 1. The van der Waals surface area contributed by atoms with Crippen molar-refractivity contribution in [3.05, 3.63) is 33.7 Å². The van der Waals surface area contributed by atoms with Crippen LogP contribution in [0.2, 0.25) is 0 Å². The molecule has 0 spiro atoms. The molecule has 1 amide bonds. The molecule has 1 aromatic heterocycles. The van der Waals surface area contributed by atoms with Crippen molar-refractivity contribution in [2.75, 3.05) is 19.7 Å². The number of H-pyrrole nitrogens is 1. The van der Waals surface area contributed by atoms with Gasteiger partial charge < -0.3 is 14.6 Å². The monoisotopic (exact) mass is 250 g/mol. The van der Waals surface area contributed by atoms with Gasteiger partial charge in [-0.2, -0.15) is 0 Å². The molecule has 2 heterocycles. The van der Waals surface area contributed by atoms with Crippen LogP contribution >= 0.6 is 0 Å². The normalized spacial score (nSPS) is 18.7. The minimum Gasteiger partial charge on any atom is -0.372 e. The van der Waals surface area contributed by atoms with Crippen molar-refractivity contribution >= 4 is 5.91 Å². The summed E-state index contributed by atoms with van der Waals surface area (Å²) in [5, 5.41) is 0. The van der Waals surface area contributed by atoms with E-state index in [0.717, 1.165) is 5.69 Å². The van der Waals surface area contributed by atoms with Gasteiger partial charge in [0, 0.05) is 31.0 Å². The summed E-state index contributed by atoms with van der Waals surface area (Å²) in [5.74, 6) is -0.229. The van der Waals surface area contributed by atoms with E-state index in [4.69, 9.17) is 4.74 Å². The number of hydrogen-bond donors (Lipinski definition) is 1. The third-order valence-corrected chi connectivity index (χ3v) is 3.00. The highest BCUT2D eigenvalue weighted by Gasteiger charge is 2.31. The van der Waals surface area contributed by atoms with E-state index in [-0.39, 0.29) is 22.5 Å². The van der Waals surface area contributed by atoms with Gasteiger partial charge in [0.2, 0.25) is 0 Å². The molecule has 0 aliphatic carbocycles. The average molecular weight is 250 g/mol. The number of carbonyl (C=O) groups excluding carboxylic acids is 1. The molecule has 1 aromatic rings. The Hall–Kier alpha value is -1.62. The number of amides is 1. The highest BCUT2D eigenvalue weighted by Crippen LogP contribution is 2.17. The van der Waals surface area contributed by atoms with E-state index in [1.165, 1.54) is 12.3 Å². The van der Waals surface area contributed by atoms with Gasteiger partial charge >= 0.3 is 0 Å². The van der Waals surface area contributed by atoms with E-state index in [1.807, 2.05) is 13.8 Å². The zero-order valence-electron chi connectivity index (χ0n) is 10.9. The molecule has 1 fully saturated rings. The summed E-state index contributed by atoms with van der Waals surface area (Å²) in [5.41, 5.74) is 0.350. The van der Waals surface area contributed by atoms with Crippen molar-refractivity contribution < 1.29 is 9.53 Å². The number of aromatic amines is 1. The molecule has 0 radical (unpaired) electrons. The topological polar surface area (TPSA) is 62.4 Å². The molecule has 1 aliphatic heterocycles. The van der Waals surface area contributed by atoms with Gasteiger partial charge in [-0.3, -0.25) is 9.59 Å². The molecule has 0 saturated carbocycles. The number of nitrogens with one attached hydrogen (secondary N) is 1. The zero-order chi connectivity index (χ0) is 13.3. The minimum absolute atomic E-state index is 0.193. The van der Waals surface area contributed by atoms with E-state index in [9.17, 15) is 9.59 Å². The van der Waals surface area contributed by atoms with Crippen LogP contribution in [0.3, 0.4) is 0 Å². The molecule has 0 bridgehead atoms. The molecule has 5 heteroatoms. The lowest BCUT2D eigenvalue weighted by molar-refractivity contribution is -0.0764. The Bertz CT molecular complexity index is 519. The molecule has 0 unspecified atom stereocenters. The maximum Gasteiger partial charge on any atom is 0.259 e. The molecule has 0 atom stereocenters. The summed E-state index contributed by atoms with van der Waals surface area (Å²) < 4.78 is 5.55. The van der Waals surface area contributed by atoms with E-state index in [1.54, 1.807) is 11.8 Å². The Morgan fingerprint density at radius 2 is 2.22 bits per heavy atom. The molecule has 98 valence electrons. The quantitative estimate of drug-likeness (QED) is 0.806. The maximum atomic E-state index is 12.3. The van der Waals surface area contributed by atoms with Crippen molar-refractivity contribution in [2.45, 2.75) is 26.4 Å². The molecule has 1 aliphatic rings. The predicted octanol–water partition coefficient (Wildman–Crippen LogP) is 0.934. The molecule has 18 heavy (non-hydrogen) atoms. The van der Waals surface area contributed by atoms with Gasteiger partial charge in [-0.05, 0) is 20.8 Å². The largest absolute Gasteiger partial charge is 0.372 e. The molecule has 2 rings (SSSR count). The fourth-order valence-corrected chi connectivity index (χ4v) is 2.10. The SMILES string of the molecule is Cc1cc(=O)c(C(=O)N2CCOC(C)(C)C2)c[nH]1. The fourth-order valence-electron chi connectivity index (χ4n) is 2.10.